The van der Waals surface area contributed by atoms with Crippen LogP contribution in [0.1, 0.15) is 18.4 Å². The molecule has 3 nitrogen and oxygen atoms in total. The lowest BCUT2D eigenvalue weighted by Gasteiger charge is -2.22. The number of thiazole rings is 1. The summed E-state index contributed by atoms with van der Waals surface area (Å²) >= 11 is 16.2. The van der Waals surface area contributed by atoms with Crippen molar-refractivity contribution in [3.05, 3.63) is 68.6 Å². The summed E-state index contributed by atoms with van der Waals surface area (Å²) in [4.78, 5) is 3.57. The topological polar surface area (TPSA) is 7.12 Å². The van der Waals surface area contributed by atoms with Crippen LogP contribution in [0.2, 0.25) is 10.0 Å². The van der Waals surface area contributed by atoms with Crippen LogP contribution in [0.5, 0.6) is 0 Å². The second kappa shape index (κ2) is 12.6. The van der Waals surface area contributed by atoms with E-state index in [0.717, 1.165) is 40.6 Å². The van der Waals surface area contributed by atoms with E-state index in [4.69, 9.17) is 23.2 Å². The second-order valence-corrected chi connectivity index (χ2v) is 11.9. The Morgan fingerprint density at radius 3 is 2.44 bits per heavy atom. The van der Waals surface area contributed by atoms with E-state index in [1.54, 1.807) is 11.8 Å². The quantitative estimate of drug-likeness (QED) is 0.276. The van der Waals surface area contributed by atoms with Crippen molar-refractivity contribution in [2.45, 2.75) is 24.8 Å². The van der Waals surface area contributed by atoms with E-state index in [-0.39, 0.29) is 34.0 Å². The molecular weight excluding hydrogens is 637 g/mol. The van der Waals surface area contributed by atoms with E-state index in [9.17, 15) is 0 Å². The molecule has 0 atom stereocenters. The average Bonchev–Trinajstić information content (AvgIpc) is 3.24. The first-order valence-electron chi connectivity index (χ1n) is 10.8. The summed E-state index contributed by atoms with van der Waals surface area (Å²) in [5.74, 6) is 0. The minimum absolute atomic E-state index is 0. The number of fused-ring (bicyclic) bond motifs is 2. The number of rotatable bonds is 7. The highest BCUT2D eigenvalue weighted by Crippen LogP contribution is 2.46. The van der Waals surface area contributed by atoms with E-state index in [0.29, 0.717) is 0 Å². The number of aryl methyl sites for hydroxylation is 1. The van der Waals surface area contributed by atoms with Gasteiger partial charge >= 0.3 is 0 Å². The Labute approximate surface area is 242 Å². The van der Waals surface area contributed by atoms with Gasteiger partial charge in [-0.25, -0.2) is 0 Å². The Bertz CT molecular complexity index is 1200. The number of allylic oxidation sites excluding steroid dienone is 2. The smallest absolute Gasteiger partial charge is 0.262 e. The van der Waals surface area contributed by atoms with E-state index in [2.05, 4.69) is 80.0 Å². The van der Waals surface area contributed by atoms with Crippen molar-refractivity contribution >= 4 is 68.3 Å². The standard InChI is InChI=1S/C25H29Cl2N3S2.2BrH/c1-5-28-20-16-18(26)10-12-22(20)31-24(28)8-6-9-25-29(14-7-15-30(2,3)4)21-17-19(27)11-13-23(21)32-25;;/h6,8-13,16-17H,5,7,14-15H2,1-4H3;2*1H/q+2;;/p-2. The maximum absolute atomic E-state index is 6.33. The zero-order valence-corrected chi connectivity index (χ0v) is 26.0. The third-order valence-corrected chi connectivity index (χ3v) is 8.12. The summed E-state index contributed by atoms with van der Waals surface area (Å²) in [7, 11) is 6.72. The largest absolute Gasteiger partial charge is 1.00 e. The van der Waals surface area contributed by atoms with Gasteiger partial charge in [-0.2, -0.15) is 4.57 Å². The average molecular weight is 666 g/mol. The molecular formula is C25H29Br2Cl2N3S2. The first-order chi connectivity index (χ1) is 15.2. The van der Waals surface area contributed by atoms with Gasteiger partial charge in [-0.3, -0.25) is 0 Å². The predicted molar refractivity (Wildman–Crippen MR) is 142 cm³/mol. The molecule has 4 rings (SSSR count). The van der Waals surface area contributed by atoms with Crippen LogP contribution in [0.3, 0.4) is 0 Å². The van der Waals surface area contributed by atoms with Crippen molar-refractivity contribution < 1.29 is 43.0 Å². The molecule has 0 bridgehead atoms. The summed E-state index contributed by atoms with van der Waals surface area (Å²) in [6.45, 7) is 5.19. The molecule has 34 heavy (non-hydrogen) atoms. The molecule has 184 valence electrons. The van der Waals surface area contributed by atoms with Crippen LogP contribution in [-0.2, 0) is 6.54 Å². The number of aromatic nitrogens is 1. The number of hydrogen-bond donors (Lipinski definition) is 0. The van der Waals surface area contributed by atoms with Crippen molar-refractivity contribution in [2.75, 3.05) is 39.1 Å². The molecule has 0 N–H and O–H groups in total. The molecule has 0 fully saturated rings. The van der Waals surface area contributed by atoms with E-state index >= 15 is 0 Å². The van der Waals surface area contributed by atoms with Crippen molar-refractivity contribution in [1.29, 1.82) is 0 Å². The normalized spacial score (nSPS) is 14.5. The SMILES string of the molecule is CCN1C(=CC=Cc2sc3ccc(Cl)cc3[n+]2CCC[N+](C)(C)C)Sc2ccc(Cl)cc21.[Br-].[Br-]. The highest BCUT2D eigenvalue weighted by atomic mass is 79.9. The Hall–Kier alpha value is -0.540. The van der Waals surface area contributed by atoms with Crippen LogP contribution in [0, 0.1) is 0 Å². The van der Waals surface area contributed by atoms with Crippen LogP contribution in [0.4, 0.5) is 5.69 Å². The molecule has 9 heteroatoms. The van der Waals surface area contributed by atoms with Gasteiger partial charge in [0.05, 0.1) is 44.8 Å². The zero-order valence-electron chi connectivity index (χ0n) is 19.7. The lowest BCUT2D eigenvalue weighted by atomic mass is 10.3. The van der Waals surface area contributed by atoms with Gasteiger partial charge in [0.2, 0.25) is 5.52 Å². The van der Waals surface area contributed by atoms with Gasteiger partial charge in [0.1, 0.15) is 4.70 Å². The minimum atomic E-state index is 0. The van der Waals surface area contributed by atoms with Crippen LogP contribution < -0.4 is 43.4 Å². The Balaban J connectivity index is 0.00000204. The van der Waals surface area contributed by atoms with E-state index in [1.165, 1.54) is 30.8 Å². The fourth-order valence-electron chi connectivity index (χ4n) is 3.87. The number of halogens is 4. The van der Waals surface area contributed by atoms with Crippen LogP contribution >= 0.6 is 46.3 Å². The number of hydrogen-bond acceptors (Lipinski definition) is 3. The zero-order chi connectivity index (χ0) is 22.9. The maximum Gasteiger partial charge on any atom is 0.262 e. The van der Waals surface area contributed by atoms with Crippen molar-refractivity contribution in [1.82, 2.24) is 0 Å². The minimum Gasteiger partial charge on any atom is -1.00 e. The molecule has 0 aliphatic carbocycles. The number of nitrogens with zero attached hydrogens (tertiary/aromatic N) is 3. The number of quaternary nitrogens is 1. The van der Waals surface area contributed by atoms with E-state index in [1.807, 2.05) is 23.5 Å². The predicted octanol–water partition coefficient (Wildman–Crippen LogP) is 1.09. The third kappa shape index (κ3) is 7.02. The van der Waals surface area contributed by atoms with Crippen LogP contribution in [0.25, 0.3) is 16.3 Å². The Morgan fingerprint density at radius 2 is 1.74 bits per heavy atom. The van der Waals surface area contributed by atoms with Gasteiger partial charge in [0.15, 0.2) is 6.54 Å². The fourth-order valence-corrected chi connectivity index (χ4v) is 6.40. The molecule has 0 unspecified atom stereocenters. The molecule has 0 saturated carbocycles. The van der Waals surface area contributed by atoms with Crippen LogP contribution in [-0.4, -0.2) is 38.7 Å². The van der Waals surface area contributed by atoms with Gasteiger partial charge < -0.3 is 43.3 Å². The molecule has 2 aromatic carbocycles. The highest BCUT2D eigenvalue weighted by molar-refractivity contribution is 8.03. The van der Waals surface area contributed by atoms with E-state index < -0.39 is 0 Å². The number of benzene rings is 2. The molecule has 1 aliphatic rings. The maximum atomic E-state index is 6.33. The van der Waals surface area contributed by atoms with Gasteiger partial charge in [-0.15, -0.1) is 0 Å². The van der Waals surface area contributed by atoms with Crippen molar-refractivity contribution in [3.63, 3.8) is 0 Å². The molecule has 3 aromatic rings. The third-order valence-electron chi connectivity index (χ3n) is 5.39. The van der Waals surface area contributed by atoms with Gasteiger partial charge in [-0.05, 0) is 43.3 Å². The number of anilines is 1. The van der Waals surface area contributed by atoms with Gasteiger partial charge in [-0.1, -0.05) is 52.4 Å². The molecule has 0 saturated heterocycles. The lowest BCUT2D eigenvalue weighted by molar-refractivity contribution is -0.873. The molecule has 1 aromatic heterocycles. The lowest BCUT2D eigenvalue weighted by Crippen LogP contribution is -3.00. The van der Waals surface area contributed by atoms with Crippen LogP contribution in [0.15, 0.2) is 58.5 Å². The monoisotopic (exact) mass is 663 g/mol. The highest BCUT2D eigenvalue weighted by Gasteiger charge is 2.24. The summed E-state index contributed by atoms with van der Waals surface area (Å²) in [6.07, 6.45) is 7.71. The molecule has 1 aliphatic heterocycles. The summed E-state index contributed by atoms with van der Waals surface area (Å²) in [5.41, 5.74) is 2.40. The molecule has 0 spiro atoms. The first-order valence-corrected chi connectivity index (χ1v) is 13.2. The van der Waals surface area contributed by atoms with Crippen molar-refractivity contribution in [3.8, 4) is 0 Å². The molecule has 0 amide bonds. The fraction of sp³-hybridized carbons (Fsp3) is 0.320. The Kier molecular flexibility index (Phi) is 11.0. The summed E-state index contributed by atoms with van der Waals surface area (Å²) in [6, 6.07) is 12.3. The van der Waals surface area contributed by atoms with Crippen molar-refractivity contribution in [2.24, 2.45) is 0 Å². The number of thioether (sulfide) groups is 1. The van der Waals surface area contributed by atoms with Gasteiger partial charge in [0.25, 0.3) is 5.01 Å². The first kappa shape index (κ1) is 29.7. The Morgan fingerprint density at radius 1 is 1.03 bits per heavy atom. The van der Waals surface area contributed by atoms with Gasteiger partial charge in [0, 0.05) is 33.6 Å². The molecule has 2 heterocycles. The summed E-state index contributed by atoms with van der Waals surface area (Å²) in [5, 5.41) is 4.03. The summed E-state index contributed by atoms with van der Waals surface area (Å²) < 4.78 is 4.64. The molecule has 0 radical (unpaired) electrons. The second-order valence-electron chi connectivity index (χ2n) is 8.89.